The Labute approximate surface area is 129 Å². The van der Waals surface area contributed by atoms with Gasteiger partial charge in [-0.15, -0.1) is 0 Å². The normalized spacial score (nSPS) is 15.2. The van der Waals surface area contributed by atoms with Gasteiger partial charge in [-0.2, -0.15) is 0 Å². The molecule has 1 N–H and O–H groups in total. The number of anilines is 1. The number of hydrogen-bond donors (Lipinski definition) is 1. The zero-order valence-electron chi connectivity index (χ0n) is 12.2. The van der Waals surface area contributed by atoms with Crippen LogP contribution in [0.3, 0.4) is 0 Å². The van der Waals surface area contributed by atoms with Crippen molar-refractivity contribution in [1.82, 2.24) is 0 Å². The zero-order chi connectivity index (χ0) is 15.5. The van der Waals surface area contributed by atoms with Crippen molar-refractivity contribution in [3.8, 4) is 0 Å². The molecule has 2 aromatic carbocycles. The molecule has 5 nitrogen and oxygen atoms in total. The molecular weight excluding hydrogens is 280 g/mol. The minimum Gasteiger partial charge on any atom is -0.387 e. The second-order valence-corrected chi connectivity index (χ2v) is 5.54. The molecule has 1 atom stereocenters. The average molecular weight is 298 g/mol. The minimum atomic E-state index is -0.660. The van der Waals surface area contributed by atoms with Gasteiger partial charge in [-0.1, -0.05) is 18.2 Å². The van der Waals surface area contributed by atoms with Gasteiger partial charge in [-0.25, -0.2) is 0 Å². The van der Waals surface area contributed by atoms with E-state index >= 15 is 0 Å². The van der Waals surface area contributed by atoms with Crippen LogP contribution in [-0.2, 0) is 6.42 Å². The number of non-ortho nitro benzene ring substituents is 1. The molecule has 1 unspecified atom stereocenters. The molecule has 1 aliphatic heterocycles. The van der Waals surface area contributed by atoms with Gasteiger partial charge in [0.15, 0.2) is 0 Å². The highest BCUT2D eigenvalue weighted by Crippen LogP contribution is 2.29. The lowest BCUT2D eigenvalue weighted by atomic mass is 10.0. The van der Waals surface area contributed by atoms with Gasteiger partial charge in [0.2, 0.25) is 0 Å². The van der Waals surface area contributed by atoms with Crippen molar-refractivity contribution in [3.05, 3.63) is 69.8 Å². The summed E-state index contributed by atoms with van der Waals surface area (Å²) in [5, 5.41) is 21.1. The molecule has 0 aliphatic carbocycles. The van der Waals surface area contributed by atoms with E-state index in [2.05, 4.69) is 17.0 Å². The second-order valence-electron chi connectivity index (χ2n) is 5.54. The predicted octanol–water partition coefficient (Wildman–Crippen LogP) is 3.08. The molecule has 1 aliphatic rings. The van der Waals surface area contributed by atoms with Crippen molar-refractivity contribution in [1.29, 1.82) is 0 Å². The quantitative estimate of drug-likeness (QED) is 0.696. The first-order chi connectivity index (χ1) is 10.6. The van der Waals surface area contributed by atoms with E-state index in [-0.39, 0.29) is 5.69 Å². The topological polar surface area (TPSA) is 66.6 Å². The lowest BCUT2D eigenvalue weighted by Gasteiger charge is -2.33. The fraction of sp³-hybridized carbons (Fsp3) is 0.294. The highest BCUT2D eigenvalue weighted by atomic mass is 16.6. The molecule has 0 bridgehead atoms. The Bertz CT molecular complexity index is 670. The Hall–Kier alpha value is -2.40. The van der Waals surface area contributed by atoms with E-state index in [1.165, 1.54) is 23.4 Å². The van der Waals surface area contributed by atoms with Crippen LogP contribution in [0.15, 0.2) is 48.5 Å². The number of β-amino-alcohol motifs (C(OH)–C–C–N with tert-alkyl or cyclic N) is 1. The van der Waals surface area contributed by atoms with Crippen LogP contribution >= 0.6 is 0 Å². The maximum Gasteiger partial charge on any atom is 0.269 e. The van der Waals surface area contributed by atoms with E-state index in [1.54, 1.807) is 12.1 Å². The molecule has 0 amide bonds. The lowest BCUT2D eigenvalue weighted by molar-refractivity contribution is -0.384. The number of para-hydroxylation sites is 1. The summed E-state index contributed by atoms with van der Waals surface area (Å²) in [6.07, 6.45) is 1.48. The van der Waals surface area contributed by atoms with E-state index in [0.717, 1.165) is 19.4 Å². The largest absolute Gasteiger partial charge is 0.387 e. The molecule has 5 heteroatoms. The first-order valence-corrected chi connectivity index (χ1v) is 7.40. The van der Waals surface area contributed by atoms with Crippen molar-refractivity contribution >= 4 is 11.4 Å². The van der Waals surface area contributed by atoms with Crippen molar-refractivity contribution in [2.75, 3.05) is 18.0 Å². The smallest absolute Gasteiger partial charge is 0.269 e. The summed E-state index contributed by atoms with van der Waals surface area (Å²) in [5.41, 5.74) is 3.23. The average Bonchev–Trinajstić information content (AvgIpc) is 2.55. The first-order valence-electron chi connectivity index (χ1n) is 7.40. The molecule has 0 spiro atoms. The monoisotopic (exact) mass is 298 g/mol. The summed E-state index contributed by atoms with van der Waals surface area (Å²) in [7, 11) is 0. The Balaban J connectivity index is 1.74. The number of rotatable bonds is 4. The van der Waals surface area contributed by atoms with Crippen LogP contribution in [0.2, 0.25) is 0 Å². The highest BCUT2D eigenvalue weighted by Gasteiger charge is 2.20. The van der Waals surface area contributed by atoms with E-state index in [9.17, 15) is 15.2 Å². The van der Waals surface area contributed by atoms with Gasteiger partial charge < -0.3 is 10.0 Å². The third kappa shape index (κ3) is 2.94. The molecular formula is C17H18N2O3. The summed E-state index contributed by atoms with van der Waals surface area (Å²) in [6, 6.07) is 14.4. The van der Waals surface area contributed by atoms with Crippen LogP contribution in [-0.4, -0.2) is 23.1 Å². The highest BCUT2D eigenvalue weighted by molar-refractivity contribution is 5.55. The first kappa shape index (κ1) is 14.5. The van der Waals surface area contributed by atoms with Crippen LogP contribution in [0, 0.1) is 10.1 Å². The Morgan fingerprint density at radius 3 is 2.64 bits per heavy atom. The molecule has 0 fully saturated rings. The van der Waals surface area contributed by atoms with E-state index in [1.807, 2.05) is 12.1 Å². The number of hydrogen-bond acceptors (Lipinski definition) is 4. The van der Waals surface area contributed by atoms with E-state index in [4.69, 9.17) is 0 Å². The number of nitro groups is 1. The third-order valence-electron chi connectivity index (χ3n) is 4.09. The molecule has 22 heavy (non-hydrogen) atoms. The number of aliphatic hydroxyl groups is 1. The molecule has 2 aromatic rings. The van der Waals surface area contributed by atoms with Gasteiger partial charge in [0.25, 0.3) is 5.69 Å². The molecule has 0 saturated carbocycles. The van der Waals surface area contributed by atoms with Gasteiger partial charge in [-0.3, -0.25) is 10.1 Å². The fourth-order valence-electron chi connectivity index (χ4n) is 2.93. The van der Waals surface area contributed by atoms with Gasteiger partial charge in [0, 0.05) is 30.9 Å². The summed E-state index contributed by atoms with van der Waals surface area (Å²) in [5.74, 6) is 0. The number of nitrogens with zero attached hydrogens (tertiary/aromatic N) is 2. The molecule has 0 saturated heterocycles. The van der Waals surface area contributed by atoms with E-state index < -0.39 is 11.0 Å². The Morgan fingerprint density at radius 1 is 1.18 bits per heavy atom. The molecule has 114 valence electrons. The van der Waals surface area contributed by atoms with Crippen molar-refractivity contribution < 1.29 is 10.0 Å². The SMILES string of the molecule is O=[N+]([O-])c1ccc(C(O)CN2CCCc3ccccc32)cc1. The molecule has 1 heterocycles. The maximum atomic E-state index is 10.7. The van der Waals surface area contributed by atoms with Gasteiger partial charge in [0.1, 0.15) is 0 Å². The van der Waals surface area contributed by atoms with Crippen molar-refractivity contribution in [3.63, 3.8) is 0 Å². The Morgan fingerprint density at radius 2 is 1.91 bits per heavy atom. The molecule has 3 rings (SSSR count). The molecule has 0 radical (unpaired) electrons. The maximum absolute atomic E-state index is 10.7. The lowest BCUT2D eigenvalue weighted by Crippen LogP contribution is -2.33. The summed E-state index contributed by atoms with van der Waals surface area (Å²) < 4.78 is 0. The third-order valence-corrected chi connectivity index (χ3v) is 4.09. The number of aliphatic hydroxyl groups excluding tert-OH is 1. The van der Waals surface area contributed by atoms with Crippen molar-refractivity contribution in [2.24, 2.45) is 0 Å². The van der Waals surface area contributed by atoms with Crippen LogP contribution in [0.4, 0.5) is 11.4 Å². The van der Waals surface area contributed by atoms with Crippen LogP contribution in [0.25, 0.3) is 0 Å². The van der Waals surface area contributed by atoms with Crippen molar-refractivity contribution in [2.45, 2.75) is 18.9 Å². The van der Waals surface area contributed by atoms with Crippen LogP contribution in [0.1, 0.15) is 23.7 Å². The fourth-order valence-corrected chi connectivity index (χ4v) is 2.93. The minimum absolute atomic E-state index is 0.0410. The van der Waals surface area contributed by atoms with Crippen LogP contribution < -0.4 is 4.90 Å². The van der Waals surface area contributed by atoms with Gasteiger partial charge in [-0.05, 0) is 42.2 Å². The molecule has 0 aromatic heterocycles. The number of aryl methyl sites for hydroxylation is 1. The Kier molecular flexibility index (Phi) is 4.06. The number of benzene rings is 2. The summed E-state index contributed by atoms with van der Waals surface area (Å²) >= 11 is 0. The standard InChI is InChI=1S/C17H18N2O3/c20-17(14-7-9-15(10-8-14)19(21)22)12-18-11-3-5-13-4-1-2-6-16(13)18/h1-2,4,6-10,17,20H,3,5,11-12H2. The van der Waals surface area contributed by atoms with Gasteiger partial charge in [0.05, 0.1) is 11.0 Å². The van der Waals surface area contributed by atoms with Gasteiger partial charge >= 0.3 is 0 Å². The number of fused-ring (bicyclic) bond motifs is 1. The van der Waals surface area contributed by atoms with E-state index in [0.29, 0.717) is 12.1 Å². The summed E-state index contributed by atoms with van der Waals surface area (Å²) in [6.45, 7) is 1.41. The predicted molar refractivity (Wildman–Crippen MR) is 85.0 cm³/mol. The zero-order valence-corrected chi connectivity index (χ0v) is 12.2. The number of nitro benzene ring substituents is 1. The second kappa shape index (κ2) is 6.15. The van der Waals surface area contributed by atoms with Crippen LogP contribution in [0.5, 0.6) is 0 Å². The summed E-state index contributed by atoms with van der Waals surface area (Å²) in [4.78, 5) is 12.4.